The number of carbonyl (C=O) groups is 2. The lowest BCUT2D eigenvalue weighted by atomic mass is 10.0. The maximum atomic E-state index is 13.1. The lowest BCUT2D eigenvalue weighted by Crippen LogP contribution is -2.30. The van der Waals surface area contributed by atoms with E-state index < -0.39 is 0 Å². The molecule has 8 nitrogen and oxygen atoms in total. The number of benzene rings is 2. The van der Waals surface area contributed by atoms with Crippen LogP contribution in [-0.2, 0) is 16.0 Å². The number of nitrogens with one attached hydrogen (secondary N) is 1. The average Bonchev–Trinajstić information content (AvgIpc) is 3.29. The molecule has 0 fully saturated rings. The predicted octanol–water partition coefficient (Wildman–Crippen LogP) is 3.54. The molecule has 1 unspecified atom stereocenters. The molecule has 174 valence electrons. The molecule has 0 saturated carbocycles. The van der Waals surface area contributed by atoms with E-state index in [-0.39, 0.29) is 43.1 Å². The molecule has 0 bridgehead atoms. The molecule has 0 aliphatic heterocycles. The van der Waals surface area contributed by atoms with Crippen LogP contribution in [-0.4, -0.2) is 47.6 Å². The minimum atomic E-state index is -0.346. The van der Waals surface area contributed by atoms with E-state index in [2.05, 4.69) is 15.5 Å². The van der Waals surface area contributed by atoms with Crippen LogP contribution in [0.15, 0.2) is 53.1 Å². The van der Waals surface area contributed by atoms with Crippen molar-refractivity contribution in [2.24, 2.45) is 0 Å². The van der Waals surface area contributed by atoms with Gasteiger partial charge in [-0.1, -0.05) is 30.3 Å². The van der Waals surface area contributed by atoms with E-state index in [4.69, 9.17) is 9.26 Å². The first-order chi connectivity index (χ1) is 15.9. The summed E-state index contributed by atoms with van der Waals surface area (Å²) >= 11 is 0. The fraction of sp³-hybridized carbons (Fsp3) is 0.333. The van der Waals surface area contributed by atoms with Gasteiger partial charge in [-0.2, -0.15) is 4.98 Å². The van der Waals surface area contributed by atoms with Gasteiger partial charge in [-0.15, -0.1) is 0 Å². The largest absolute Gasteiger partial charge is 0.483 e. The Hall–Kier alpha value is -3.75. The molecular weight excluding hydrogens is 427 g/mol. The summed E-state index contributed by atoms with van der Waals surface area (Å²) < 4.78 is 24.0. The van der Waals surface area contributed by atoms with Crippen molar-refractivity contribution >= 4 is 11.8 Å². The Labute approximate surface area is 191 Å². The third-order valence-corrected chi connectivity index (χ3v) is 5.02. The third-order valence-electron chi connectivity index (χ3n) is 5.02. The van der Waals surface area contributed by atoms with E-state index in [1.807, 2.05) is 25.1 Å². The molecule has 0 radical (unpaired) electrons. The van der Waals surface area contributed by atoms with Gasteiger partial charge in [0.25, 0.3) is 5.91 Å². The number of hydrogen-bond acceptors (Lipinski definition) is 6. The fourth-order valence-electron chi connectivity index (χ4n) is 3.13. The minimum absolute atomic E-state index is 0.0814. The highest BCUT2D eigenvalue weighted by Crippen LogP contribution is 2.27. The van der Waals surface area contributed by atoms with Crippen molar-refractivity contribution in [3.63, 3.8) is 0 Å². The van der Waals surface area contributed by atoms with Crippen molar-refractivity contribution in [1.82, 2.24) is 20.4 Å². The number of nitrogens with zero attached hydrogens (tertiary/aromatic N) is 3. The average molecular weight is 455 g/mol. The van der Waals surface area contributed by atoms with Crippen LogP contribution in [0.4, 0.5) is 4.39 Å². The van der Waals surface area contributed by atoms with E-state index in [1.54, 1.807) is 32.3 Å². The smallest absolute Gasteiger partial charge is 0.259 e. The predicted molar refractivity (Wildman–Crippen MR) is 120 cm³/mol. The Kier molecular flexibility index (Phi) is 8.12. The second-order valence-corrected chi connectivity index (χ2v) is 7.66. The molecule has 2 amide bonds. The Balaban J connectivity index is 1.58. The fourth-order valence-corrected chi connectivity index (χ4v) is 3.13. The Morgan fingerprint density at radius 2 is 1.88 bits per heavy atom. The molecule has 9 heteroatoms. The number of rotatable bonds is 10. The van der Waals surface area contributed by atoms with Crippen molar-refractivity contribution in [2.45, 2.75) is 32.2 Å². The quantitative estimate of drug-likeness (QED) is 0.503. The molecule has 2 aromatic carbocycles. The molecule has 3 rings (SSSR count). The SMILES string of the molecule is CCC(NC(=O)CCc1nc(-c2ccc(F)cc2)no1)c1ccccc1OCC(=O)N(C)C. The van der Waals surface area contributed by atoms with Gasteiger partial charge in [-0.25, -0.2) is 4.39 Å². The van der Waals surface area contributed by atoms with Gasteiger partial charge in [0.1, 0.15) is 11.6 Å². The monoisotopic (exact) mass is 454 g/mol. The Morgan fingerprint density at radius 3 is 2.58 bits per heavy atom. The van der Waals surface area contributed by atoms with E-state index in [0.29, 0.717) is 29.4 Å². The first-order valence-corrected chi connectivity index (χ1v) is 10.7. The van der Waals surface area contributed by atoms with Crippen LogP contribution in [0.5, 0.6) is 5.75 Å². The van der Waals surface area contributed by atoms with Crippen LogP contribution in [0.25, 0.3) is 11.4 Å². The first-order valence-electron chi connectivity index (χ1n) is 10.7. The molecule has 1 heterocycles. The number of halogens is 1. The van der Waals surface area contributed by atoms with Crippen molar-refractivity contribution in [3.05, 3.63) is 65.8 Å². The van der Waals surface area contributed by atoms with Gasteiger partial charge in [0.05, 0.1) is 6.04 Å². The number of likely N-dealkylation sites (N-methyl/N-ethyl adjacent to an activating group) is 1. The summed E-state index contributed by atoms with van der Waals surface area (Å²) in [6.45, 7) is 1.88. The number of hydrogen-bond donors (Lipinski definition) is 1. The molecule has 0 aliphatic carbocycles. The van der Waals surface area contributed by atoms with Gasteiger partial charge in [-0.3, -0.25) is 9.59 Å². The summed E-state index contributed by atoms with van der Waals surface area (Å²) in [7, 11) is 3.33. The minimum Gasteiger partial charge on any atom is -0.483 e. The highest BCUT2D eigenvalue weighted by atomic mass is 19.1. The summed E-state index contributed by atoms with van der Waals surface area (Å²) in [6.07, 6.45) is 1.07. The van der Waals surface area contributed by atoms with Crippen molar-refractivity contribution in [2.75, 3.05) is 20.7 Å². The van der Waals surface area contributed by atoms with Crippen LogP contribution in [0.2, 0.25) is 0 Å². The number of carbonyl (C=O) groups excluding carboxylic acids is 2. The summed E-state index contributed by atoms with van der Waals surface area (Å²) in [5, 5.41) is 6.89. The summed E-state index contributed by atoms with van der Waals surface area (Å²) in [4.78, 5) is 30.2. The van der Waals surface area contributed by atoms with Gasteiger partial charge in [0, 0.05) is 38.1 Å². The lowest BCUT2D eigenvalue weighted by Gasteiger charge is -2.21. The van der Waals surface area contributed by atoms with Crippen molar-refractivity contribution in [1.29, 1.82) is 0 Å². The summed E-state index contributed by atoms with van der Waals surface area (Å²) in [5.41, 5.74) is 1.43. The zero-order valence-electron chi connectivity index (χ0n) is 18.9. The Bertz CT molecular complexity index is 1080. The molecule has 1 atom stereocenters. The second-order valence-electron chi connectivity index (χ2n) is 7.66. The van der Waals surface area contributed by atoms with Crippen LogP contribution < -0.4 is 10.1 Å². The molecule has 33 heavy (non-hydrogen) atoms. The van der Waals surface area contributed by atoms with Crippen LogP contribution >= 0.6 is 0 Å². The molecular formula is C24H27FN4O4. The molecule has 0 spiro atoms. The van der Waals surface area contributed by atoms with Crippen LogP contribution in [0.3, 0.4) is 0 Å². The maximum absolute atomic E-state index is 13.1. The summed E-state index contributed by atoms with van der Waals surface area (Å²) in [6, 6.07) is 12.8. The van der Waals surface area contributed by atoms with E-state index in [1.165, 1.54) is 17.0 Å². The van der Waals surface area contributed by atoms with Gasteiger partial charge in [-0.05, 0) is 36.8 Å². The molecule has 1 aromatic heterocycles. The number of aryl methyl sites for hydroxylation is 1. The van der Waals surface area contributed by atoms with E-state index in [0.717, 1.165) is 5.56 Å². The Morgan fingerprint density at radius 1 is 1.15 bits per heavy atom. The van der Waals surface area contributed by atoms with E-state index in [9.17, 15) is 14.0 Å². The standard InChI is InChI=1S/C24H27FN4O4/c1-4-19(18-7-5-6-8-20(18)32-15-23(31)29(2)3)26-21(30)13-14-22-27-24(28-33-22)16-9-11-17(25)12-10-16/h5-12,19H,4,13-15H2,1-3H3,(H,26,30). The third kappa shape index (κ3) is 6.61. The topological polar surface area (TPSA) is 97.6 Å². The van der Waals surface area contributed by atoms with E-state index >= 15 is 0 Å². The molecule has 1 N–H and O–H groups in total. The number of amides is 2. The normalized spacial score (nSPS) is 11.6. The first kappa shape index (κ1) is 23.9. The lowest BCUT2D eigenvalue weighted by molar-refractivity contribution is -0.130. The highest BCUT2D eigenvalue weighted by molar-refractivity contribution is 5.77. The van der Waals surface area contributed by atoms with Gasteiger partial charge in [0.15, 0.2) is 6.61 Å². The number of ether oxygens (including phenoxy) is 1. The molecule has 0 aliphatic rings. The molecule has 0 saturated heterocycles. The zero-order valence-corrected chi connectivity index (χ0v) is 18.9. The van der Waals surface area contributed by atoms with Crippen molar-refractivity contribution < 1.29 is 23.2 Å². The number of aromatic nitrogens is 2. The highest BCUT2D eigenvalue weighted by Gasteiger charge is 2.19. The van der Waals surface area contributed by atoms with Crippen LogP contribution in [0.1, 0.15) is 37.3 Å². The molecule has 3 aromatic rings. The summed E-state index contributed by atoms with van der Waals surface area (Å²) in [5.74, 6) is 0.546. The van der Waals surface area contributed by atoms with Crippen molar-refractivity contribution in [3.8, 4) is 17.1 Å². The maximum Gasteiger partial charge on any atom is 0.259 e. The zero-order chi connectivity index (χ0) is 23.8. The van der Waals surface area contributed by atoms with Gasteiger partial charge in [0.2, 0.25) is 17.6 Å². The second kappa shape index (κ2) is 11.2. The van der Waals surface area contributed by atoms with Gasteiger partial charge >= 0.3 is 0 Å². The van der Waals surface area contributed by atoms with Gasteiger partial charge < -0.3 is 19.5 Å². The number of para-hydroxylation sites is 1. The van der Waals surface area contributed by atoms with Crippen LogP contribution in [0, 0.1) is 5.82 Å².